The van der Waals surface area contributed by atoms with Gasteiger partial charge in [0.05, 0.1) is 6.04 Å². The van der Waals surface area contributed by atoms with Gasteiger partial charge in [0.15, 0.2) is 0 Å². The molecule has 194 valence electrons. The molecule has 3 amide bonds. The first kappa shape index (κ1) is 28.3. The van der Waals surface area contributed by atoms with Crippen molar-refractivity contribution in [1.82, 2.24) is 15.5 Å². The maximum atomic E-state index is 13.3. The number of nitrogens with zero attached hydrogens (tertiary/aromatic N) is 1. The Morgan fingerprint density at radius 3 is 2.37 bits per heavy atom. The van der Waals surface area contributed by atoms with Crippen molar-refractivity contribution in [2.75, 3.05) is 13.1 Å². The minimum Gasteiger partial charge on any atom is -0.480 e. The Labute approximate surface area is 206 Å². The van der Waals surface area contributed by atoms with E-state index in [1.165, 1.54) is 4.90 Å². The molecule has 0 spiro atoms. The summed E-state index contributed by atoms with van der Waals surface area (Å²) in [6.07, 6.45) is 3.09. The number of nitrogens with one attached hydrogen (secondary N) is 2. The lowest BCUT2D eigenvalue weighted by Gasteiger charge is -2.31. The highest BCUT2D eigenvalue weighted by molar-refractivity contribution is 5.94. The Morgan fingerprint density at radius 2 is 1.77 bits per heavy atom. The standard InChI is InChI=1S/C25H39N5O5/c1-16(2)21(24(33)30-14-8-12-20(30)25(34)35)29-23(32)19(15-17-9-4-3-5-10-17)28-22(31)18(27)11-6-7-13-26/h3-5,9-10,16,18-21H,6-8,11-15,26-27H2,1-2H3,(H,28,31)(H,29,32)(H,34,35). The van der Waals surface area contributed by atoms with Crippen LogP contribution in [0.25, 0.3) is 0 Å². The van der Waals surface area contributed by atoms with E-state index in [9.17, 15) is 24.3 Å². The molecule has 35 heavy (non-hydrogen) atoms. The fraction of sp³-hybridized carbons (Fsp3) is 0.600. The van der Waals surface area contributed by atoms with Gasteiger partial charge in [-0.3, -0.25) is 14.4 Å². The van der Waals surface area contributed by atoms with Gasteiger partial charge in [-0.2, -0.15) is 0 Å². The van der Waals surface area contributed by atoms with Crippen molar-refractivity contribution < 1.29 is 24.3 Å². The van der Waals surface area contributed by atoms with Crippen LogP contribution in [0.1, 0.15) is 51.5 Å². The monoisotopic (exact) mass is 489 g/mol. The lowest BCUT2D eigenvalue weighted by molar-refractivity contribution is -0.150. The summed E-state index contributed by atoms with van der Waals surface area (Å²) in [5, 5.41) is 15.0. The summed E-state index contributed by atoms with van der Waals surface area (Å²) in [6, 6.07) is 5.68. The molecule has 0 bridgehead atoms. The summed E-state index contributed by atoms with van der Waals surface area (Å²) in [5.41, 5.74) is 12.4. The third-order valence-corrected chi connectivity index (χ3v) is 6.27. The zero-order valence-corrected chi connectivity index (χ0v) is 20.6. The van der Waals surface area contributed by atoms with E-state index in [1.54, 1.807) is 13.8 Å². The molecule has 1 aromatic rings. The third-order valence-electron chi connectivity index (χ3n) is 6.27. The number of carboxylic acids is 1. The van der Waals surface area contributed by atoms with Crippen molar-refractivity contribution in [2.45, 2.75) is 76.5 Å². The van der Waals surface area contributed by atoms with E-state index in [0.29, 0.717) is 38.8 Å². The van der Waals surface area contributed by atoms with E-state index in [0.717, 1.165) is 12.0 Å². The lowest BCUT2D eigenvalue weighted by atomic mass is 9.99. The number of likely N-dealkylation sites (tertiary alicyclic amines) is 1. The summed E-state index contributed by atoms with van der Waals surface area (Å²) in [5.74, 6) is -2.73. The Morgan fingerprint density at radius 1 is 1.09 bits per heavy atom. The number of aliphatic carboxylic acids is 1. The molecule has 4 atom stereocenters. The second kappa shape index (κ2) is 13.8. The fourth-order valence-electron chi connectivity index (χ4n) is 4.21. The molecule has 0 aliphatic carbocycles. The van der Waals surface area contributed by atoms with Crippen LogP contribution in [0.5, 0.6) is 0 Å². The second-order valence-corrected chi connectivity index (χ2v) is 9.40. The molecule has 10 heteroatoms. The average molecular weight is 490 g/mol. The summed E-state index contributed by atoms with van der Waals surface area (Å²) < 4.78 is 0. The maximum absolute atomic E-state index is 13.3. The number of unbranched alkanes of at least 4 members (excludes halogenated alkanes) is 1. The van der Waals surface area contributed by atoms with Gasteiger partial charge in [-0.25, -0.2) is 4.79 Å². The quantitative estimate of drug-likeness (QED) is 0.250. The zero-order valence-electron chi connectivity index (χ0n) is 20.6. The Bertz CT molecular complexity index is 863. The van der Waals surface area contributed by atoms with E-state index in [2.05, 4.69) is 10.6 Å². The molecule has 0 radical (unpaired) electrons. The van der Waals surface area contributed by atoms with Crippen LogP contribution < -0.4 is 22.1 Å². The summed E-state index contributed by atoms with van der Waals surface area (Å²) in [6.45, 7) is 4.41. The Hall–Kier alpha value is -2.98. The maximum Gasteiger partial charge on any atom is 0.326 e. The summed E-state index contributed by atoms with van der Waals surface area (Å²) in [7, 11) is 0. The second-order valence-electron chi connectivity index (χ2n) is 9.40. The van der Waals surface area contributed by atoms with Crippen molar-refractivity contribution in [3.63, 3.8) is 0 Å². The minimum absolute atomic E-state index is 0.217. The predicted molar refractivity (Wildman–Crippen MR) is 132 cm³/mol. The Balaban J connectivity index is 2.17. The highest BCUT2D eigenvalue weighted by atomic mass is 16.4. The highest BCUT2D eigenvalue weighted by Crippen LogP contribution is 2.20. The van der Waals surface area contributed by atoms with E-state index >= 15 is 0 Å². The van der Waals surface area contributed by atoms with Crippen LogP contribution in [0.2, 0.25) is 0 Å². The van der Waals surface area contributed by atoms with Crippen molar-refractivity contribution in [3.05, 3.63) is 35.9 Å². The zero-order chi connectivity index (χ0) is 26.0. The van der Waals surface area contributed by atoms with Gasteiger partial charge < -0.3 is 32.1 Å². The normalized spacial score (nSPS) is 18.1. The molecule has 0 aromatic heterocycles. The van der Waals surface area contributed by atoms with E-state index in [1.807, 2.05) is 30.3 Å². The smallest absolute Gasteiger partial charge is 0.326 e. The molecule has 1 aliphatic rings. The summed E-state index contributed by atoms with van der Waals surface area (Å²) in [4.78, 5) is 52.2. The molecule has 2 rings (SSSR count). The number of hydrogen-bond acceptors (Lipinski definition) is 6. The molecular formula is C25H39N5O5. The molecule has 1 aliphatic heterocycles. The molecule has 10 nitrogen and oxygen atoms in total. The largest absolute Gasteiger partial charge is 0.480 e. The first-order valence-electron chi connectivity index (χ1n) is 12.3. The topological polar surface area (TPSA) is 168 Å². The van der Waals surface area contributed by atoms with Gasteiger partial charge in [-0.05, 0) is 43.7 Å². The number of carbonyl (C=O) groups excluding carboxylic acids is 3. The minimum atomic E-state index is -1.05. The van der Waals surface area contributed by atoms with Crippen LogP contribution in [0.4, 0.5) is 0 Å². The van der Waals surface area contributed by atoms with Crippen LogP contribution in [0.15, 0.2) is 30.3 Å². The van der Waals surface area contributed by atoms with E-state index in [-0.39, 0.29) is 12.3 Å². The number of carboxylic acid groups (broad SMARTS) is 1. The van der Waals surface area contributed by atoms with E-state index < -0.39 is 47.9 Å². The molecule has 1 fully saturated rings. The first-order chi connectivity index (χ1) is 16.6. The van der Waals surface area contributed by atoms with E-state index in [4.69, 9.17) is 11.5 Å². The average Bonchev–Trinajstić information content (AvgIpc) is 3.32. The van der Waals surface area contributed by atoms with Crippen LogP contribution >= 0.6 is 0 Å². The number of rotatable bonds is 13. The molecule has 0 saturated carbocycles. The molecule has 1 heterocycles. The lowest BCUT2D eigenvalue weighted by Crippen LogP contribution is -2.59. The van der Waals surface area contributed by atoms with Crippen molar-refractivity contribution in [3.8, 4) is 0 Å². The highest BCUT2D eigenvalue weighted by Gasteiger charge is 2.39. The van der Waals surface area contributed by atoms with Gasteiger partial charge in [-0.1, -0.05) is 50.6 Å². The predicted octanol–water partition coefficient (Wildman–Crippen LogP) is 0.387. The van der Waals surface area contributed by atoms with Crippen LogP contribution in [-0.2, 0) is 25.6 Å². The number of hydrogen-bond donors (Lipinski definition) is 5. The fourth-order valence-corrected chi connectivity index (χ4v) is 4.21. The van der Waals surface area contributed by atoms with Gasteiger partial charge >= 0.3 is 5.97 Å². The van der Waals surface area contributed by atoms with Gasteiger partial charge in [-0.15, -0.1) is 0 Å². The third kappa shape index (κ3) is 8.32. The Kier molecular flexibility index (Phi) is 11.1. The van der Waals surface area contributed by atoms with Gasteiger partial charge in [0, 0.05) is 13.0 Å². The van der Waals surface area contributed by atoms with Gasteiger partial charge in [0.1, 0.15) is 18.1 Å². The van der Waals surface area contributed by atoms with Gasteiger partial charge in [0.2, 0.25) is 17.7 Å². The number of nitrogens with two attached hydrogens (primary N) is 2. The molecule has 1 aromatic carbocycles. The first-order valence-corrected chi connectivity index (χ1v) is 12.3. The van der Waals surface area contributed by atoms with Crippen LogP contribution in [0, 0.1) is 5.92 Å². The molecule has 7 N–H and O–H groups in total. The molecule has 1 saturated heterocycles. The molecule has 4 unspecified atom stereocenters. The molecular weight excluding hydrogens is 450 g/mol. The van der Waals surface area contributed by atoms with Crippen LogP contribution in [-0.4, -0.2) is 71.0 Å². The number of amides is 3. The van der Waals surface area contributed by atoms with Crippen molar-refractivity contribution >= 4 is 23.7 Å². The van der Waals surface area contributed by atoms with Crippen molar-refractivity contribution in [2.24, 2.45) is 17.4 Å². The van der Waals surface area contributed by atoms with Crippen molar-refractivity contribution in [1.29, 1.82) is 0 Å². The SMILES string of the molecule is CC(C)C(NC(=O)C(Cc1ccccc1)NC(=O)C(N)CCCCN)C(=O)N1CCCC1C(=O)O. The number of carbonyl (C=O) groups is 4. The van der Waals surface area contributed by atoms with Gasteiger partial charge in [0.25, 0.3) is 0 Å². The van der Waals surface area contributed by atoms with Crippen LogP contribution in [0.3, 0.4) is 0 Å². The summed E-state index contributed by atoms with van der Waals surface area (Å²) >= 11 is 0. The number of benzene rings is 1.